The molecule has 1 aromatic heterocycles. The smallest absolute Gasteiger partial charge is 0.0702 e. The largest absolute Gasteiger partial charge is 0.325 e. The topological polar surface area (TPSA) is 56.0 Å². The van der Waals surface area contributed by atoms with Crippen molar-refractivity contribution in [1.82, 2.24) is 4.98 Å². The van der Waals surface area contributed by atoms with Crippen molar-refractivity contribution in [3.63, 3.8) is 0 Å². The van der Waals surface area contributed by atoms with Gasteiger partial charge in [0.1, 0.15) is 0 Å². The minimum atomic E-state index is -0.929. The molecule has 3 nitrogen and oxygen atoms in total. The van der Waals surface area contributed by atoms with E-state index in [9.17, 15) is 4.21 Å². The van der Waals surface area contributed by atoms with Crippen molar-refractivity contribution < 1.29 is 4.21 Å². The van der Waals surface area contributed by atoms with Gasteiger partial charge in [0, 0.05) is 39.4 Å². The summed E-state index contributed by atoms with van der Waals surface area (Å²) >= 11 is 0. The van der Waals surface area contributed by atoms with E-state index in [1.165, 1.54) is 0 Å². The lowest BCUT2D eigenvalue weighted by molar-refractivity contribution is 0.577. The van der Waals surface area contributed by atoms with E-state index in [4.69, 9.17) is 5.73 Å². The Hall–Kier alpha value is -1.26. The highest BCUT2D eigenvalue weighted by molar-refractivity contribution is 7.84. The maximum Gasteiger partial charge on any atom is 0.0702 e. The Morgan fingerprint density at radius 2 is 2.11 bits per heavy atom. The zero-order valence-electron chi connectivity index (χ0n) is 10.7. The first-order valence-corrected chi connectivity index (χ1v) is 7.40. The number of pyridine rings is 1. The number of rotatable bonds is 4. The summed E-state index contributed by atoms with van der Waals surface area (Å²) in [5.74, 6) is 1.06. The molecule has 0 saturated heterocycles. The average molecular weight is 262 g/mol. The van der Waals surface area contributed by atoms with E-state index in [1.807, 2.05) is 44.2 Å². The van der Waals surface area contributed by atoms with E-state index in [-0.39, 0.29) is 5.54 Å². The van der Waals surface area contributed by atoms with Gasteiger partial charge in [0.15, 0.2) is 0 Å². The highest BCUT2D eigenvalue weighted by Gasteiger charge is 2.15. The molecule has 1 heterocycles. The summed E-state index contributed by atoms with van der Waals surface area (Å²) in [5.41, 5.74) is 7.52. The molecule has 4 heteroatoms. The van der Waals surface area contributed by atoms with Gasteiger partial charge in [0.05, 0.1) is 5.52 Å². The van der Waals surface area contributed by atoms with Crippen LogP contribution in [0.15, 0.2) is 36.5 Å². The zero-order chi connectivity index (χ0) is 13.2. The highest BCUT2D eigenvalue weighted by Crippen LogP contribution is 2.15. The average Bonchev–Trinajstić information content (AvgIpc) is 2.26. The number of nitrogens with two attached hydrogens (primary N) is 1. The number of benzene rings is 1. The molecule has 18 heavy (non-hydrogen) atoms. The lowest BCUT2D eigenvalue weighted by Gasteiger charge is -2.17. The molecule has 2 rings (SSSR count). The molecule has 96 valence electrons. The van der Waals surface area contributed by atoms with Gasteiger partial charge in [-0.1, -0.05) is 12.1 Å². The molecule has 0 fully saturated rings. The zero-order valence-corrected chi connectivity index (χ0v) is 11.5. The van der Waals surface area contributed by atoms with E-state index in [2.05, 4.69) is 4.98 Å². The molecule has 0 bridgehead atoms. The molecule has 0 saturated carbocycles. The number of hydrogen-bond acceptors (Lipinski definition) is 3. The van der Waals surface area contributed by atoms with Crippen molar-refractivity contribution in [1.29, 1.82) is 0 Å². The Labute approximate surface area is 110 Å². The fourth-order valence-corrected chi connectivity index (χ4v) is 3.35. The molecule has 0 aliphatic heterocycles. The minimum absolute atomic E-state index is 0.386. The van der Waals surface area contributed by atoms with Crippen LogP contribution >= 0.6 is 0 Å². The number of aromatic nitrogens is 1. The van der Waals surface area contributed by atoms with Crippen molar-refractivity contribution in [3.05, 3.63) is 42.1 Å². The van der Waals surface area contributed by atoms with Crippen LogP contribution in [0.1, 0.15) is 19.4 Å². The summed E-state index contributed by atoms with van der Waals surface area (Å²) in [5, 5.41) is 1.08. The third kappa shape index (κ3) is 3.62. The molecule has 2 aromatic rings. The van der Waals surface area contributed by atoms with Gasteiger partial charge in [-0.2, -0.15) is 0 Å². The van der Waals surface area contributed by atoms with Crippen molar-refractivity contribution in [2.45, 2.75) is 25.1 Å². The van der Waals surface area contributed by atoms with E-state index in [0.717, 1.165) is 16.5 Å². The second kappa shape index (κ2) is 5.16. The molecule has 2 N–H and O–H groups in total. The summed E-state index contributed by atoms with van der Waals surface area (Å²) < 4.78 is 12.0. The quantitative estimate of drug-likeness (QED) is 0.919. The Kier molecular flexibility index (Phi) is 3.78. The van der Waals surface area contributed by atoms with E-state index in [1.54, 1.807) is 6.20 Å². The maximum atomic E-state index is 12.0. The Bertz CT molecular complexity index is 575. The Morgan fingerprint density at radius 1 is 1.33 bits per heavy atom. The molecule has 1 atom stereocenters. The minimum Gasteiger partial charge on any atom is -0.325 e. The van der Waals surface area contributed by atoms with Crippen LogP contribution in [-0.2, 0) is 16.6 Å². The predicted octanol–water partition coefficient (Wildman–Crippen LogP) is 2.22. The Balaban J connectivity index is 2.15. The summed E-state index contributed by atoms with van der Waals surface area (Å²) in [7, 11) is -0.929. The van der Waals surface area contributed by atoms with Gasteiger partial charge in [-0.15, -0.1) is 0 Å². The van der Waals surface area contributed by atoms with Crippen molar-refractivity contribution >= 4 is 21.7 Å². The molecule has 1 aromatic carbocycles. The number of hydrogen-bond donors (Lipinski definition) is 1. The van der Waals surface area contributed by atoms with Gasteiger partial charge >= 0.3 is 0 Å². The van der Waals surface area contributed by atoms with Crippen molar-refractivity contribution in [3.8, 4) is 0 Å². The molecular weight excluding hydrogens is 244 g/mol. The summed E-state index contributed by atoms with van der Waals surface area (Å²) in [6.07, 6.45) is 1.77. The fourth-order valence-electron chi connectivity index (χ4n) is 1.87. The molecule has 0 amide bonds. The first kappa shape index (κ1) is 13.2. The maximum absolute atomic E-state index is 12.0. The van der Waals surface area contributed by atoms with Gasteiger partial charge in [0.25, 0.3) is 0 Å². The van der Waals surface area contributed by atoms with E-state index in [0.29, 0.717) is 11.5 Å². The highest BCUT2D eigenvalue weighted by atomic mass is 32.2. The monoisotopic (exact) mass is 262 g/mol. The van der Waals surface area contributed by atoms with Gasteiger partial charge in [-0.3, -0.25) is 9.19 Å². The molecule has 0 radical (unpaired) electrons. The number of fused-ring (bicyclic) bond motifs is 1. The van der Waals surface area contributed by atoms with Crippen LogP contribution in [0, 0.1) is 0 Å². The molecule has 1 unspecified atom stereocenters. The van der Waals surface area contributed by atoms with Crippen LogP contribution in [-0.4, -0.2) is 20.5 Å². The van der Waals surface area contributed by atoms with E-state index < -0.39 is 10.8 Å². The predicted molar refractivity (Wildman–Crippen MR) is 76.7 cm³/mol. The lowest BCUT2D eigenvalue weighted by Crippen LogP contribution is -2.38. The molecule has 0 aliphatic rings. The third-order valence-electron chi connectivity index (χ3n) is 2.53. The molecule has 0 aliphatic carbocycles. The van der Waals surface area contributed by atoms with Crippen molar-refractivity contribution in [2.24, 2.45) is 5.73 Å². The molecule has 0 spiro atoms. The van der Waals surface area contributed by atoms with Gasteiger partial charge in [-0.05, 0) is 37.6 Å². The normalized spacial score (nSPS) is 13.7. The Morgan fingerprint density at radius 3 is 2.83 bits per heavy atom. The standard InChI is InChI=1S/C14H18N2OS/c1-14(2,15)10-18(17)9-11-5-6-13-12(8-11)4-3-7-16-13/h3-8H,9-10,15H2,1-2H3. The van der Waals surface area contributed by atoms with Crippen LogP contribution in [0.5, 0.6) is 0 Å². The van der Waals surface area contributed by atoms with Crippen molar-refractivity contribution in [2.75, 3.05) is 5.75 Å². The first-order valence-electron chi connectivity index (χ1n) is 5.91. The second-order valence-corrected chi connectivity index (χ2v) is 6.70. The van der Waals surface area contributed by atoms with Crippen LogP contribution < -0.4 is 5.73 Å². The van der Waals surface area contributed by atoms with Gasteiger partial charge in [0.2, 0.25) is 0 Å². The third-order valence-corrected chi connectivity index (χ3v) is 4.25. The second-order valence-electron chi connectivity index (χ2n) is 5.25. The van der Waals surface area contributed by atoms with Gasteiger partial charge < -0.3 is 5.73 Å². The number of nitrogens with zero attached hydrogens (tertiary/aromatic N) is 1. The summed E-state index contributed by atoms with van der Waals surface area (Å²) in [6.45, 7) is 3.80. The van der Waals surface area contributed by atoms with Crippen LogP contribution in [0.4, 0.5) is 0 Å². The van der Waals surface area contributed by atoms with Crippen LogP contribution in [0.3, 0.4) is 0 Å². The fraction of sp³-hybridized carbons (Fsp3) is 0.357. The summed E-state index contributed by atoms with van der Waals surface area (Å²) in [6, 6.07) is 9.92. The molecular formula is C14H18N2OS. The van der Waals surface area contributed by atoms with E-state index >= 15 is 0 Å². The van der Waals surface area contributed by atoms with Crippen LogP contribution in [0.2, 0.25) is 0 Å². The summed E-state index contributed by atoms with van der Waals surface area (Å²) in [4.78, 5) is 4.27. The lowest BCUT2D eigenvalue weighted by atomic mass is 10.1. The van der Waals surface area contributed by atoms with Crippen LogP contribution in [0.25, 0.3) is 10.9 Å². The van der Waals surface area contributed by atoms with Gasteiger partial charge in [-0.25, -0.2) is 0 Å². The SMILES string of the molecule is CC(C)(N)CS(=O)Cc1ccc2ncccc2c1. The first-order chi connectivity index (χ1) is 8.44.